The predicted molar refractivity (Wildman–Crippen MR) is 152 cm³/mol. The second kappa shape index (κ2) is 9.57. The first kappa shape index (κ1) is 29.1. The van der Waals surface area contributed by atoms with E-state index in [9.17, 15) is 22.8 Å². The van der Waals surface area contributed by atoms with Crippen molar-refractivity contribution in [2.75, 3.05) is 19.0 Å². The molecule has 8 heteroatoms. The normalized spacial score (nSPS) is 34.0. The topological polar surface area (TPSA) is 115 Å². The van der Waals surface area contributed by atoms with Crippen LogP contribution in [0.3, 0.4) is 0 Å². The van der Waals surface area contributed by atoms with Crippen molar-refractivity contribution in [1.29, 1.82) is 0 Å². The number of fused-ring (bicyclic) bond motifs is 4. The van der Waals surface area contributed by atoms with Crippen LogP contribution in [-0.2, 0) is 28.7 Å². The first-order valence-corrected chi connectivity index (χ1v) is 15.9. The molecule has 1 aromatic rings. The number of aliphatic hydroxyl groups excluding tert-OH is 1. The van der Waals surface area contributed by atoms with E-state index in [2.05, 4.69) is 20.8 Å². The molecule has 0 heterocycles. The summed E-state index contributed by atoms with van der Waals surface area (Å²) in [6.45, 7) is 8.92. The minimum Gasteiger partial charge on any atom is -0.388 e. The third-order valence-electron chi connectivity index (χ3n) is 11.3. The average molecular weight is 569 g/mol. The minimum atomic E-state index is -4.17. The van der Waals surface area contributed by atoms with Gasteiger partial charge in [0.05, 0.1) is 11.2 Å². The van der Waals surface area contributed by atoms with Crippen molar-refractivity contribution >= 4 is 39.6 Å². The quantitative estimate of drug-likeness (QED) is 0.337. The lowest BCUT2D eigenvalue weighted by molar-refractivity contribution is -0.127. The molecule has 0 saturated heterocycles. The molecule has 216 valence electrons. The Bertz CT molecular complexity index is 1430. The first-order valence-electron chi connectivity index (χ1n) is 14.3. The molecule has 5 rings (SSSR count). The van der Waals surface area contributed by atoms with Gasteiger partial charge in [-0.05, 0) is 83.6 Å². The number of Topliss-reactive ketones (excluding diaryl/α,β-unsaturated/α-hetero) is 3. The highest BCUT2D eigenvalue weighted by atomic mass is 32.2. The number of rotatable bonds is 9. The fourth-order valence-corrected chi connectivity index (χ4v) is 10.3. The summed E-state index contributed by atoms with van der Waals surface area (Å²) in [5.41, 5.74) is 1.34. The van der Waals surface area contributed by atoms with Crippen LogP contribution in [0.5, 0.6) is 0 Å². The predicted octanol–water partition coefficient (Wildman–Crippen LogP) is 4.78. The van der Waals surface area contributed by atoms with Gasteiger partial charge in [0.2, 0.25) is 0 Å². The molecular weight excluding hydrogens is 528 g/mol. The van der Waals surface area contributed by atoms with Crippen LogP contribution in [0.25, 0.3) is 12.2 Å². The highest BCUT2D eigenvalue weighted by molar-refractivity contribution is 7.86. The first-order chi connectivity index (χ1) is 18.7. The van der Waals surface area contributed by atoms with Crippen molar-refractivity contribution < 1.29 is 32.1 Å². The van der Waals surface area contributed by atoms with Crippen LogP contribution in [0, 0.1) is 33.5 Å². The summed E-state index contributed by atoms with van der Waals surface area (Å²) in [7, 11) is -4.17. The van der Waals surface area contributed by atoms with E-state index >= 15 is 0 Å². The Labute approximate surface area is 237 Å². The molecule has 0 amide bonds. The molecule has 0 aliphatic heterocycles. The van der Waals surface area contributed by atoms with E-state index in [-0.39, 0.29) is 28.4 Å². The summed E-state index contributed by atoms with van der Waals surface area (Å²) in [5.74, 6) is -0.928. The van der Waals surface area contributed by atoms with Crippen LogP contribution in [-0.4, -0.2) is 49.8 Å². The maximum Gasteiger partial charge on any atom is 0.268 e. The lowest BCUT2D eigenvalue weighted by Crippen LogP contribution is -2.43. The second-order valence-corrected chi connectivity index (χ2v) is 15.0. The van der Waals surface area contributed by atoms with Gasteiger partial charge in [-0.1, -0.05) is 58.9 Å². The van der Waals surface area contributed by atoms with E-state index in [4.69, 9.17) is 9.29 Å². The molecule has 0 radical (unpaired) electrons. The molecule has 4 aliphatic carbocycles. The molecule has 1 aromatic carbocycles. The molecule has 4 atom stereocenters. The standard InChI is InChI=1S/C32H40O7S/c1-6-31-13-11-25(29(31,2)3)23(27(31)35)15-20-7-9-21(10-8-20)16-24-26-12-14-32(28(24)36,30(26,4)5)19-40(37,38)39-18-22(34)17-33/h7-10,15-16,25-26,33H,6,11-14,17-19H2,1-5H3/b23-15+,24-16+. The largest absolute Gasteiger partial charge is 0.388 e. The third kappa shape index (κ3) is 4.04. The SMILES string of the molecule is CCC12CCC(/C(=C\c3ccc(/C=C4/C(=O)C5(CS(=O)(=O)OCC(=O)CO)CCC4C5(C)C)cc3)C1=O)C2(C)C. The molecule has 0 aromatic heterocycles. The Kier molecular flexibility index (Phi) is 6.96. The number of hydrogen-bond donors (Lipinski definition) is 1. The van der Waals surface area contributed by atoms with Crippen LogP contribution in [0.2, 0.25) is 0 Å². The minimum absolute atomic E-state index is 0.0349. The molecule has 4 saturated carbocycles. The van der Waals surface area contributed by atoms with Crippen molar-refractivity contribution in [1.82, 2.24) is 0 Å². The molecule has 4 bridgehead atoms. The fraction of sp³-hybridized carbons (Fsp3) is 0.594. The molecule has 7 nitrogen and oxygen atoms in total. The van der Waals surface area contributed by atoms with Gasteiger partial charge in [0.15, 0.2) is 17.3 Å². The second-order valence-electron chi connectivity index (χ2n) is 13.3. The summed E-state index contributed by atoms with van der Waals surface area (Å²) in [4.78, 5) is 38.6. The zero-order chi connectivity index (χ0) is 29.3. The molecule has 1 N–H and O–H groups in total. The number of ketones is 3. The summed E-state index contributed by atoms with van der Waals surface area (Å²) in [5, 5.41) is 8.88. The Morgan fingerprint density at radius 3 is 1.80 bits per heavy atom. The molecule has 4 aliphatic rings. The van der Waals surface area contributed by atoms with E-state index in [0.29, 0.717) is 24.2 Å². The van der Waals surface area contributed by atoms with Gasteiger partial charge in [-0.2, -0.15) is 8.42 Å². The average Bonchev–Trinajstić information content (AvgIpc) is 3.42. The lowest BCUT2D eigenvalue weighted by Gasteiger charge is -2.35. The van der Waals surface area contributed by atoms with E-state index in [1.165, 1.54) is 0 Å². The Hall–Kier alpha value is -2.42. The van der Waals surface area contributed by atoms with Gasteiger partial charge in [-0.15, -0.1) is 0 Å². The molecule has 4 fully saturated rings. The van der Waals surface area contributed by atoms with Gasteiger partial charge in [0, 0.05) is 11.0 Å². The van der Waals surface area contributed by atoms with Crippen LogP contribution in [0.15, 0.2) is 35.4 Å². The van der Waals surface area contributed by atoms with Crippen molar-refractivity contribution in [2.24, 2.45) is 33.5 Å². The maximum absolute atomic E-state index is 13.8. The van der Waals surface area contributed by atoms with E-state index < -0.39 is 45.7 Å². The van der Waals surface area contributed by atoms with Crippen LogP contribution in [0.1, 0.15) is 77.8 Å². The van der Waals surface area contributed by atoms with Crippen molar-refractivity contribution in [3.63, 3.8) is 0 Å². The van der Waals surface area contributed by atoms with Crippen molar-refractivity contribution in [3.05, 3.63) is 46.5 Å². The van der Waals surface area contributed by atoms with E-state index in [1.54, 1.807) is 0 Å². The van der Waals surface area contributed by atoms with Crippen LogP contribution in [0.4, 0.5) is 0 Å². The van der Waals surface area contributed by atoms with Crippen molar-refractivity contribution in [2.45, 2.75) is 66.7 Å². The highest BCUT2D eigenvalue weighted by Crippen LogP contribution is 2.68. The van der Waals surface area contributed by atoms with Gasteiger partial charge in [-0.3, -0.25) is 18.6 Å². The van der Waals surface area contributed by atoms with Gasteiger partial charge < -0.3 is 5.11 Å². The summed E-state index contributed by atoms with van der Waals surface area (Å²) < 4.78 is 30.4. The highest BCUT2D eigenvalue weighted by Gasteiger charge is 2.68. The smallest absolute Gasteiger partial charge is 0.268 e. The Morgan fingerprint density at radius 2 is 1.35 bits per heavy atom. The van der Waals surface area contributed by atoms with Gasteiger partial charge in [0.25, 0.3) is 10.1 Å². The van der Waals surface area contributed by atoms with Gasteiger partial charge >= 0.3 is 0 Å². The Morgan fingerprint density at radius 1 is 0.900 bits per heavy atom. The zero-order valence-electron chi connectivity index (χ0n) is 24.1. The van der Waals surface area contributed by atoms with E-state index in [1.807, 2.05) is 50.3 Å². The van der Waals surface area contributed by atoms with Crippen molar-refractivity contribution in [3.8, 4) is 0 Å². The van der Waals surface area contributed by atoms with Crippen LogP contribution < -0.4 is 0 Å². The summed E-state index contributed by atoms with van der Waals surface area (Å²) in [6, 6.07) is 7.83. The molecule has 0 spiro atoms. The molecule has 4 unspecified atom stereocenters. The third-order valence-corrected chi connectivity index (χ3v) is 12.6. The summed E-state index contributed by atoms with van der Waals surface area (Å²) >= 11 is 0. The van der Waals surface area contributed by atoms with Crippen LogP contribution >= 0.6 is 0 Å². The number of carbonyl (C=O) groups excluding carboxylic acids is 3. The monoisotopic (exact) mass is 568 g/mol. The van der Waals surface area contributed by atoms with Gasteiger partial charge in [-0.25, -0.2) is 0 Å². The Balaban J connectivity index is 1.38. The maximum atomic E-state index is 13.8. The number of allylic oxidation sites excluding steroid dienone is 2. The number of benzene rings is 1. The zero-order valence-corrected chi connectivity index (χ0v) is 24.9. The summed E-state index contributed by atoms with van der Waals surface area (Å²) in [6.07, 6.45) is 7.91. The molecule has 40 heavy (non-hydrogen) atoms. The molecular formula is C32H40O7S. The number of hydrogen-bond acceptors (Lipinski definition) is 7. The van der Waals surface area contributed by atoms with E-state index in [0.717, 1.165) is 36.0 Å². The number of carbonyl (C=O) groups is 3. The van der Waals surface area contributed by atoms with Gasteiger partial charge in [0.1, 0.15) is 13.2 Å². The lowest BCUT2D eigenvalue weighted by atomic mass is 9.67. The fourth-order valence-electron chi connectivity index (χ4n) is 8.63. The number of aliphatic hydroxyl groups is 1.